The van der Waals surface area contributed by atoms with Crippen LogP contribution in [0.4, 0.5) is 0 Å². The molecule has 0 fully saturated rings. The zero-order valence-corrected chi connectivity index (χ0v) is 18.4. The Morgan fingerprint density at radius 3 is 1.59 bits per heavy atom. The zero-order valence-electron chi connectivity index (χ0n) is 16.4. The fourth-order valence-electron chi connectivity index (χ4n) is 2.39. The van der Waals surface area contributed by atoms with Crippen molar-refractivity contribution >= 4 is 17.0 Å². The van der Waals surface area contributed by atoms with Gasteiger partial charge >= 0.3 is 8.80 Å². The molecule has 0 unspecified atom stereocenters. The molecular formula is C16H39NO3Si2. The highest BCUT2D eigenvalue weighted by molar-refractivity contribution is 6.77. The van der Waals surface area contributed by atoms with Gasteiger partial charge in [-0.3, -0.25) is 0 Å². The van der Waals surface area contributed by atoms with Crippen LogP contribution in [0.1, 0.15) is 48.0 Å². The SMILES string of the molecule is CCO[Si](CCCN(C)[Si](C)(C)C(C)(C)C)(OCC)OCC. The fraction of sp³-hybridized carbons (Fsp3) is 1.00. The van der Waals surface area contributed by atoms with E-state index in [2.05, 4.69) is 45.5 Å². The third-order valence-corrected chi connectivity index (χ3v) is 13.8. The number of nitrogens with zero attached hydrogens (tertiary/aromatic N) is 1. The molecule has 0 aromatic heterocycles. The van der Waals surface area contributed by atoms with Gasteiger partial charge in [-0.15, -0.1) is 0 Å². The summed E-state index contributed by atoms with van der Waals surface area (Å²) in [6, 6.07) is 0.904. The predicted octanol–water partition coefficient (Wildman–Crippen LogP) is 4.36. The summed E-state index contributed by atoms with van der Waals surface area (Å²) in [6.45, 7) is 21.1. The van der Waals surface area contributed by atoms with Crippen LogP contribution in [0.25, 0.3) is 0 Å². The van der Waals surface area contributed by atoms with E-state index in [0.717, 1.165) is 19.0 Å². The van der Waals surface area contributed by atoms with E-state index in [4.69, 9.17) is 13.3 Å². The smallest absolute Gasteiger partial charge is 0.374 e. The number of rotatable bonds is 11. The van der Waals surface area contributed by atoms with Crippen molar-refractivity contribution in [1.82, 2.24) is 4.57 Å². The lowest BCUT2D eigenvalue weighted by Gasteiger charge is -2.44. The van der Waals surface area contributed by atoms with Crippen LogP contribution in [0.5, 0.6) is 0 Å². The van der Waals surface area contributed by atoms with Gasteiger partial charge in [0.05, 0.1) is 0 Å². The van der Waals surface area contributed by atoms with Crippen molar-refractivity contribution in [3.05, 3.63) is 0 Å². The van der Waals surface area contributed by atoms with E-state index in [9.17, 15) is 0 Å². The molecule has 0 aromatic rings. The van der Waals surface area contributed by atoms with Crippen LogP contribution in [-0.2, 0) is 13.3 Å². The van der Waals surface area contributed by atoms with Crippen molar-refractivity contribution in [2.75, 3.05) is 33.4 Å². The molecule has 22 heavy (non-hydrogen) atoms. The Kier molecular flexibility index (Phi) is 9.66. The van der Waals surface area contributed by atoms with Gasteiger partial charge in [0.25, 0.3) is 0 Å². The van der Waals surface area contributed by atoms with Crippen molar-refractivity contribution in [2.24, 2.45) is 0 Å². The maximum absolute atomic E-state index is 5.93. The van der Waals surface area contributed by atoms with Gasteiger partial charge in [-0.05, 0) is 45.8 Å². The lowest BCUT2D eigenvalue weighted by molar-refractivity contribution is 0.0705. The summed E-state index contributed by atoms with van der Waals surface area (Å²) in [5, 5.41) is 0.371. The van der Waals surface area contributed by atoms with E-state index in [1.54, 1.807) is 0 Å². The highest BCUT2D eigenvalue weighted by Crippen LogP contribution is 2.37. The molecule has 0 amide bonds. The molecule has 0 saturated heterocycles. The first kappa shape index (κ1) is 22.3. The van der Waals surface area contributed by atoms with Gasteiger partial charge in [0.15, 0.2) is 0 Å². The van der Waals surface area contributed by atoms with E-state index >= 15 is 0 Å². The van der Waals surface area contributed by atoms with Gasteiger partial charge in [0, 0.05) is 25.9 Å². The van der Waals surface area contributed by atoms with Crippen molar-refractivity contribution in [2.45, 2.75) is 72.1 Å². The lowest BCUT2D eigenvalue weighted by Crippen LogP contribution is -2.53. The molecule has 0 heterocycles. The largest absolute Gasteiger partial charge is 0.500 e. The first-order valence-corrected chi connectivity index (χ1v) is 13.6. The Labute approximate surface area is 141 Å². The summed E-state index contributed by atoms with van der Waals surface area (Å²) >= 11 is 0. The lowest BCUT2D eigenvalue weighted by atomic mass is 10.2. The van der Waals surface area contributed by atoms with Gasteiger partial charge in [-0.2, -0.15) is 0 Å². The summed E-state index contributed by atoms with van der Waals surface area (Å²) in [5.74, 6) is 0. The van der Waals surface area contributed by atoms with Gasteiger partial charge in [-0.1, -0.05) is 33.9 Å². The van der Waals surface area contributed by atoms with Crippen LogP contribution in [-0.4, -0.2) is 55.0 Å². The summed E-state index contributed by atoms with van der Waals surface area (Å²) in [7, 11) is -1.65. The molecular weight excluding hydrogens is 310 g/mol. The van der Waals surface area contributed by atoms with Gasteiger partial charge < -0.3 is 17.8 Å². The van der Waals surface area contributed by atoms with Crippen LogP contribution < -0.4 is 0 Å². The minimum Gasteiger partial charge on any atom is -0.374 e. The Balaban J connectivity index is 4.67. The average Bonchev–Trinajstić information content (AvgIpc) is 2.38. The minimum atomic E-state index is -2.48. The van der Waals surface area contributed by atoms with Crippen LogP contribution in [0.15, 0.2) is 0 Å². The van der Waals surface area contributed by atoms with Crippen LogP contribution in [0.2, 0.25) is 24.2 Å². The fourth-order valence-corrected chi connectivity index (χ4v) is 6.84. The number of hydrogen-bond acceptors (Lipinski definition) is 4. The molecule has 0 aliphatic carbocycles. The second-order valence-electron chi connectivity index (χ2n) is 7.32. The molecule has 0 N–H and O–H groups in total. The Morgan fingerprint density at radius 2 is 1.27 bits per heavy atom. The monoisotopic (exact) mass is 349 g/mol. The Morgan fingerprint density at radius 1 is 0.864 bits per heavy atom. The summed E-state index contributed by atoms with van der Waals surface area (Å²) in [6.07, 6.45) is 1.06. The van der Waals surface area contributed by atoms with E-state index in [1.807, 2.05) is 20.8 Å². The quantitative estimate of drug-likeness (QED) is 0.519. The first-order valence-electron chi connectivity index (χ1n) is 8.69. The molecule has 134 valence electrons. The molecule has 0 aliphatic heterocycles. The molecule has 0 rings (SSSR count). The van der Waals surface area contributed by atoms with Crippen molar-refractivity contribution < 1.29 is 13.3 Å². The summed E-state index contributed by atoms with van der Waals surface area (Å²) in [5.41, 5.74) is 0. The van der Waals surface area contributed by atoms with Gasteiger partial charge in [0.2, 0.25) is 0 Å². The van der Waals surface area contributed by atoms with Gasteiger partial charge in [-0.25, -0.2) is 0 Å². The first-order chi connectivity index (χ1) is 10.1. The maximum atomic E-state index is 5.93. The van der Waals surface area contributed by atoms with Crippen molar-refractivity contribution in [3.8, 4) is 0 Å². The molecule has 0 saturated carbocycles. The van der Waals surface area contributed by atoms with E-state index in [-0.39, 0.29) is 0 Å². The zero-order chi connectivity index (χ0) is 17.4. The Hall–Kier alpha value is 0.274. The molecule has 0 bridgehead atoms. The van der Waals surface area contributed by atoms with Crippen LogP contribution in [0, 0.1) is 0 Å². The molecule has 0 aromatic carbocycles. The molecule has 0 radical (unpaired) electrons. The third kappa shape index (κ3) is 6.41. The Bertz CT molecular complexity index is 289. The highest BCUT2D eigenvalue weighted by Gasteiger charge is 2.42. The molecule has 0 spiro atoms. The molecule has 4 nitrogen and oxygen atoms in total. The van der Waals surface area contributed by atoms with Gasteiger partial charge in [0.1, 0.15) is 8.24 Å². The van der Waals surface area contributed by atoms with E-state index < -0.39 is 17.0 Å². The normalized spacial score (nSPS) is 13.9. The predicted molar refractivity (Wildman–Crippen MR) is 99.9 cm³/mol. The van der Waals surface area contributed by atoms with E-state index in [0.29, 0.717) is 24.9 Å². The molecule has 0 aliphatic rings. The van der Waals surface area contributed by atoms with Crippen molar-refractivity contribution in [1.29, 1.82) is 0 Å². The third-order valence-electron chi connectivity index (χ3n) is 4.86. The van der Waals surface area contributed by atoms with E-state index in [1.165, 1.54) is 0 Å². The summed E-state index contributed by atoms with van der Waals surface area (Å²) < 4.78 is 20.4. The van der Waals surface area contributed by atoms with Crippen LogP contribution >= 0.6 is 0 Å². The topological polar surface area (TPSA) is 30.9 Å². The highest BCUT2D eigenvalue weighted by atomic mass is 28.4. The molecule has 6 heteroatoms. The second-order valence-corrected chi connectivity index (χ2v) is 15.4. The standard InChI is InChI=1S/C16H39NO3Si2/c1-10-18-22(19-11-2,20-12-3)15-13-14-17(7)21(8,9)16(4,5)6/h10-15H2,1-9H3. The maximum Gasteiger partial charge on any atom is 0.500 e. The second kappa shape index (κ2) is 9.54. The van der Waals surface area contributed by atoms with Crippen LogP contribution in [0.3, 0.4) is 0 Å². The molecule has 0 atom stereocenters. The summed E-state index contributed by atoms with van der Waals surface area (Å²) in [4.78, 5) is 0. The minimum absolute atomic E-state index is 0.371. The average molecular weight is 350 g/mol. The van der Waals surface area contributed by atoms with Crippen molar-refractivity contribution in [3.63, 3.8) is 0 Å². The number of hydrogen-bond donors (Lipinski definition) is 0.